The van der Waals surface area contributed by atoms with Crippen LogP contribution in [0.25, 0.3) is 0 Å². The van der Waals surface area contributed by atoms with Gasteiger partial charge in [0.15, 0.2) is 0 Å². The molecule has 1 atom stereocenters. The third-order valence-corrected chi connectivity index (χ3v) is 3.60. The van der Waals surface area contributed by atoms with Crippen LogP contribution in [0.4, 0.5) is 5.69 Å². The normalized spacial score (nSPS) is 17.3. The Kier molecular flexibility index (Phi) is 3.26. The molecule has 3 rings (SSSR count). The quantitative estimate of drug-likeness (QED) is 0.859. The second-order valence-corrected chi connectivity index (χ2v) is 5.16. The molecule has 5 heteroatoms. The van der Waals surface area contributed by atoms with Crippen molar-refractivity contribution in [2.45, 2.75) is 39.2 Å². The SMILES string of the molecule is Cc1nnc(CCC(=O)N2c3ccccc3CC2C)o1. The fourth-order valence-corrected chi connectivity index (χ4v) is 2.72. The zero-order valence-electron chi connectivity index (χ0n) is 11.7. The van der Waals surface area contributed by atoms with Crippen molar-refractivity contribution in [3.05, 3.63) is 41.6 Å². The fraction of sp³-hybridized carbons (Fsp3) is 0.400. The highest BCUT2D eigenvalue weighted by Crippen LogP contribution is 2.32. The number of aryl methyl sites for hydroxylation is 2. The first-order valence-electron chi connectivity index (χ1n) is 6.84. The minimum Gasteiger partial charge on any atom is -0.426 e. The highest BCUT2D eigenvalue weighted by atomic mass is 16.4. The Morgan fingerprint density at radius 2 is 2.20 bits per heavy atom. The lowest BCUT2D eigenvalue weighted by molar-refractivity contribution is -0.118. The predicted molar refractivity (Wildman–Crippen MR) is 74.5 cm³/mol. The van der Waals surface area contributed by atoms with Gasteiger partial charge in [-0.3, -0.25) is 4.79 Å². The Morgan fingerprint density at radius 1 is 1.40 bits per heavy atom. The third kappa shape index (κ3) is 2.31. The number of nitrogens with zero attached hydrogens (tertiary/aromatic N) is 3. The number of carbonyl (C=O) groups excluding carboxylic acids is 1. The van der Waals surface area contributed by atoms with Gasteiger partial charge in [0.2, 0.25) is 17.7 Å². The van der Waals surface area contributed by atoms with Crippen LogP contribution in [0.15, 0.2) is 28.7 Å². The molecule has 5 nitrogen and oxygen atoms in total. The van der Waals surface area contributed by atoms with E-state index in [0.29, 0.717) is 24.6 Å². The van der Waals surface area contributed by atoms with Gasteiger partial charge in [-0.15, -0.1) is 10.2 Å². The van der Waals surface area contributed by atoms with Crippen LogP contribution in [0.3, 0.4) is 0 Å². The number of amides is 1. The monoisotopic (exact) mass is 271 g/mol. The van der Waals surface area contributed by atoms with Crippen molar-refractivity contribution in [3.8, 4) is 0 Å². The molecule has 0 spiro atoms. The Bertz CT molecular complexity index is 636. The molecule has 0 fully saturated rings. The van der Waals surface area contributed by atoms with Crippen molar-refractivity contribution >= 4 is 11.6 Å². The smallest absolute Gasteiger partial charge is 0.227 e. The zero-order chi connectivity index (χ0) is 14.1. The highest BCUT2D eigenvalue weighted by Gasteiger charge is 2.30. The van der Waals surface area contributed by atoms with Crippen molar-refractivity contribution in [2.24, 2.45) is 0 Å². The van der Waals surface area contributed by atoms with Gasteiger partial charge in [-0.05, 0) is 25.0 Å². The van der Waals surface area contributed by atoms with Crippen molar-refractivity contribution in [3.63, 3.8) is 0 Å². The van der Waals surface area contributed by atoms with E-state index in [-0.39, 0.29) is 11.9 Å². The maximum atomic E-state index is 12.4. The number of para-hydroxylation sites is 1. The molecule has 1 aromatic carbocycles. The maximum absolute atomic E-state index is 12.4. The number of anilines is 1. The molecule has 2 heterocycles. The minimum absolute atomic E-state index is 0.110. The number of hydrogen-bond donors (Lipinski definition) is 0. The van der Waals surface area contributed by atoms with Gasteiger partial charge in [0, 0.05) is 31.5 Å². The van der Waals surface area contributed by atoms with E-state index in [1.165, 1.54) is 5.56 Å². The first-order valence-corrected chi connectivity index (χ1v) is 6.84. The molecule has 1 amide bonds. The second kappa shape index (κ2) is 5.07. The van der Waals surface area contributed by atoms with E-state index in [0.717, 1.165) is 12.1 Å². The Labute approximate surface area is 117 Å². The predicted octanol–water partition coefficient (Wildman–Crippen LogP) is 2.29. The third-order valence-electron chi connectivity index (χ3n) is 3.60. The lowest BCUT2D eigenvalue weighted by Gasteiger charge is -2.22. The van der Waals surface area contributed by atoms with Crippen molar-refractivity contribution < 1.29 is 9.21 Å². The number of aromatic nitrogens is 2. The average molecular weight is 271 g/mol. The molecular formula is C15H17N3O2. The molecule has 1 aromatic heterocycles. The van der Waals surface area contributed by atoms with Gasteiger partial charge >= 0.3 is 0 Å². The largest absolute Gasteiger partial charge is 0.426 e. The molecule has 0 saturated carbocycles. The lowest BCUT2D eigenvalue weighted by atomic mass is 10.1. The van der Waals surface area contributed by atoms with Gasteiger partial charge in [-0.25, -0.2) is 0 Å². The highest BCUT2D eigenvalue weighted by molar-refractivity contribution is 5.96. The van der Waals surface area contributed by atoms with Crippen LogP contribution in [0.2, 0.25) is 0 Å². The molecule has 104 valence electrons. The van der Waals surface area contributed by atoms with Crippen LogP contribution in [-0.4, -0.2) is 22.1 Å². The van der Waals surface area contributed by atoms with Crippen molar-refractivity contribution in [1.82, 2.24) is 10.2 Å². The summed E-state index contributed by atoms with van der Waals surface area (Å²) in [5.41, 5.74) is 2.27. The number of benzene rings is 1. The molecule has 2 aromatic rings. The maximum Gasteiger partial charge on any atom is 0.227 e. The van der Waals surface area contributed by atoms with Crippen molar-refractivity contribution in [1.29, 1.82) is 0 Å². The summed E-state index contributed by atoms with van der Waals surface area (Å²) < 4.78 is 5.30. The van der Waals surface area contributed by atoms with Gasteiger partial charge in [0.1, 0.15) is 0 Å². The molecule has 0 aliphatic carbocycles. The molecule has 1 aliphatic rings. The summed E-state index contributed by atoms with van der Waals surface area (Å²) in [6.07, 6.45) is 1.80. The lowest BCUT2D eigenvalue weighted by Crippen LogP contribution is -2.35. The van der Waals surface area contributed by atoms with Crippen molar-refractivity contribution in [2.75, 3.05) is 4.90 Å². The van der Waals surface area contributed by atoms with Gasteiger partial charge in [0.25, 0.3) is 0 Å². The van der Waals surface area contributed by atoms with Crippen LogP contribution < -0.4 is 4.90 Å². The van der Waals surface area contributed by atoms with E-state index in [1.54, 1.807) is 6.92 Å². The van der Waals surface area contributed by atoms with E-state index in [2.05, 4.69) is 23.2 Å². The van der Waals surface area contributed by atoms with Crippen LogP contribution in [0.1, 0.15) is 30.7 Å². The molecule has 0 bridgehead atoms. The van der Waals surface area contributed by atoms with Gasteiger partial charge in [-0.2, -0.15) is 0 Å². The zero-order valence-corrected chi connectivity index (χ0v) is 11.7. The summed E-state index contributed by atoms with van der Waals surface area (Å²) in [6, 6.07) is 8.29. The molecular weight excluding hydrogens is 254 g/mol. The average Bonchev–Trinajstić information content (AvgIpc) is 2.98. The standard InChI is InChI=1S/C15H17N3O2/c1-10-9-12-5-3-4-6-13(12)18(10)15(19)8-7-14-17-16-11(2)20-14/h3-6,10H,7-9H2,1-2H3. The van der Waals surface area contributed by atoms with E-state index in [4.69, 9.17) is 4.42 Å². The Balaban J connectivity index is 1.71. The molecule has 1 aliphatic heterocycles. The van der Waals surface area contributed by atoms with Gasteiger partial charge < -0.3 is 9.32 Å². The van der Waals surface area contributed by atoms with E-state index >= 15 is 0 Å². The summed E-state index contributed by atoms with van der Waals surface area (Å²) in [7, 11) is 0. The van der Waals surface area contributed by atoms with Crippen LogP contribution >= 0.6 is 0 Å². The Hall–Kier alpha value is -2.17. The molecule has 1 unspecified atom stereocenters. The summed E-state index contributed by atoms with van der Waals surface area (Å²) in [4.78, 5) is 14.3. The molecule has 20 heavy (non-hydrogen) atoms. The van der Waals surface area contributed by atoms with E-state index in [1.807, 2.05) is 23.1 Å². The molecule has 0 radical (unpaired) electrons. The summed E-state index contributed by atoms with van der Waals surface area (Å²) in [6.45, 7) is 3.83. The summed E-state index contributed by atoms with van der Waals surface area (Å²) >= 11 is 0. The first-order chi connectivity index (χ1) is 9.65. The topological polar surface area (TPSA) is 59.2 Å². The van der Waals surface area contributed by atoms with Crippen LogP contribution in [0, 0.1) is 6.92 Å². The number of fused-ring (bicyclic) bond motifs is 1. The summed E-state index contributed by atoms with van der Waals surface area (Å²) in [5, 5.41) is 7.69. The van der Waals surface area contributed by atoms with Gasteiger partial charge in [-0.1, -0.05) is 18.2 Å². The molecule has 0 saturated heterocycles. The van der Waals surface area contributed by atoms with E-state index in [9.17, 15) is 4.79 Å². The minimum atomic E-state index is 0.110. The van der Waals surface area contributed by atoms with Gasteiger partial charge in [0.05, 0.1) is 0 Å². The summed E-state index contributed by atoms with van der Waals surface area (Å²) in [5.74, 6) is 1.17. The van der Waals surface area contributed by atoms with Crippen LogP contribution in [0.5, 0.6) is 0 Å². The first kappa shape index (κ1) is 12.8. The Morgan fingerprint density at radius 3 is 2.95 bits per heavy atom. The number of hydrogen-bond acceptors (Lipinski definition) is 4. The fourth-order valence-electron chi connectivity index (χ4n) is 2.72. The number of rotatable bonds is 3. The molecule has 0 N–H and O–H groups in total. The number of carbonyl (C=O) groups is 1. The van der Waals surface area contributed by atoms with Crippen LogP contribution in [-0.2, 0) is 17.6 Å². The van der Waals surface area contributed by atoms with E-state index < -0.39 is 0 Å². The second-order valence-electron chi connectivity index (χ2n) is 5.16.